The number of hydrogen-bond donors (Lipinski definition) is 1. The third kappa shape index (κ3) is 7.52. The van der Waals surface area contributed by atoms with Crippen molar-refractivity contribution >= 4 is 39.3 Å². The molecule has 0 aromatic heterocycles. The molecule has 1 N–H and O–H groups in total. The predicted octanol–water partition coefficient (Wildman–Crippen LogP) is 5.94. The first kappa shape index (κ1) is 26.2. The summed E-state index contributed by atoms with van der Waals surface area (Å²) in [5.74, 6) is 0.549. The van der Waals surface area contributed by atoms with Crippen molar-refractivity contribution in [1.29, 1.82) is 0 Å². The SMILES string of the molecule is CC[C@H](C(=O)NC(C)C)N(Cc1ccc(Cl)cc1)C(=O)COc1ccc(C(C)C)cc1Br. The average Bonchev–Trinajstić information content (AvgIpc) is 2.73. The van der Waals surface area contributed by atoms with Gasteiger partial charge in [0.05, 0.1) is 4.47 Å². The molecule has 2 rings (SSSR count). The third-order valence-corrected chi connectivity index (χ3v) is 5.93. The van der Waals surface area contributed by atoms with Crippen LogP contribution in [0.4, 0.5) is 0 Å². The maximum Gasteiger partial charge on any atom is 0.261 e. The summed E-state index contributed by atoms with van der Waals surface area (Å²) < 4.78 is 6.63. The topological polar surface area (TPSA) is 58.6 Å². The van der Waals surface area contributed by atoms with Crippen molar-refractivity contribution in [2.24, 2.45) is 0 Å². The molecule has 32 heavy (non-hydrogen) atoms. The lowest BCUT2D eigenvalue weighted by Crippen LogP contribution is -2.51. The first-order valence-electron chi connectivity index (χ1n) is 10.9. The molecule has 1 atom stereocenters. The third-order valence-electron chi connectivity index (χ3n) is 5.06. The molecular formula is C25H32BrClN2O3. The van der Waals surface area contributed by atoms with Gasteiger partial charge in [0.2, 0.25) is 5.91 Å². The van der Waals surface area contributed by atoms with Crippen LogP contribution in [0.5, 0.6) is 5.75 Å². The lowest BCUT2D eigenvalue weighted by Gasteiger charge is -2.31. The van der Waals surface area contributed by atoms with Crippen molar-refractivity contribution in [3.63, 3.8) is 0 Å². The normalized spacial score (nSPS) is 12.0. The number of nitrogens with one attached hydrogen (secondary N) is 1. The van der Waals surface area contributed by atoms with Gasteiger partial charge in [0, 0.05) is 17.6 Å². The smallest absolute Gasteiger partial charge is 0.261 e. The van der Waals surface area contributed by atoms with Gasteiger partial charge in [0.25, 0.3) is 5.91 Å². The van der Waals surface area contributed by atoms with Gasteiger partial charge >= 0.3 is 0 Å². The maximum absolute atomic E-state index is 13.2. The van der Waals surface area contributed by atoms with Crippen LogP contribution in [0, 0.1) is 0 Å². The minimum Gasteiger partial charge on any atom is -0.483 e. The van der Waals surface area contributed by atoms with Crippen LogP contribution in [0.2, 0.25) is 5.02 Å². The Hall–Kier alpha value is -2.05. The summed E-state index contributed by atoms with van der Waals surface area (Å²) in [7, 11) is 0. The minimum absolute atomic E-state index is 0.0179. The van der Waals surface area contributed by atoms with E-state index in [1.807, 2.05) is 51.1 Å². The second kappa shape index (κ2) is 12.3. The zero-order chi connectivity index (χ0) is 23.8. The van der Waals surface area contributed by atoms with Crippen LogP contribution < -0.4 is 10.1 Å². The van der Waals surface area contributed by atoms with Crippen LogP contribution in [-0.4, -0.2) is 35.4 Å². The molecular weight excluding hydrogens is 492 g/mol. The molecule has 7 heteroatoms. The van der Waals surface area contributed by atoms with E-state index in [-0.39, 0.29) is 31.0 Å². The van der Waals surface area contributed by atoms with Gasteiger partial charge in [-0.3, -0.25) is 9.59 Å². The van der Waals surface area contributed by atoms with Crippen molar-refractivity contribution in [2.45, 2.75) is 65.6 Å². The number of hydrogen-bond acceptors (Lipinski definition) is 3. The molecule has 0 radical (unpaired) electrons. The zero-order valence-electron chi connectivity index (χ0n) is 19.3. The number of ether oxygens (including phenoxy) is 1. The number of nitrogens with zero attached hydrogens (tertiary/aromatic N) is 1. The number of carbonyl (C=O) groups excluding carboxylic acids is 2. The molecule has 0 saturated heterocycles. The highest BCUT2D eigenvalue weighted by Gasteiger charge is 2.29. The second-order valence-electron chi connectivity index (χ2n) is 8.37. The minimum atomic E-state index is -0.601. The fourth-order valence-electron chi connectivity index (χ4n) is 3.30. The number of rotatable bonds is 10. The first-order valence-corrected chi connectivity index (χ1v) is 12.1. The average molecular weight is 524 g/mol. The number of amides is 2. The molecule has 0 aliphatic heterocycles. The lowest BCUT2D eigenvalue weighted by atomic mass is 10.0. The van der Waals surface area contributed by atoms with E-state index < -0.39 is 6.04 Å². The molecule has 0 aliphatic rings. The molecule has 0 bridgehead atoms. The molecule has 0 fully saturated rings. The van der Waals surface area contributed by atoms with E-state index in [0.29, 0.717) is 23.1 Å². The van der Waals surface area contributed by atoms with Crippen LogP contribution in [0.3, 0.4) is 0 Å². The molecule has 2 aromatic carbocycles. The Bertz CT molecular complexity index is 916. The molecule has 0 unspecified atom stereocenters. The van der Waals surface area contributed by atoms with Crippen LogP contribution in [0.15, 0.2) is 46.9 Å². The maximum atomic E-state index is 13.2. The molecule has 5 nitrogen and oxygen atoms in total. The van der Waals surface area contributed by atoms with Crippen molar-refractivity contribution in [2.75, 3.05) is 6.61 Å². The van der Waals surface area contributed by atoms with Gasteiger partial charge in [-0.25, -0.2) is 0 Å². The van der Waals surface area contributed by atoms with E-state index in [2.05, 4.69) is 35.1 Å². The molecule has 2 amide bonds. The standard InChI is InChI=1S/C25H32BrClN2O3/c1-6-22(25(31)28-17(4)5)29(14-18-7-10-20(27)11-8-18)24(30)15-32-23-12-9-19(16(2)3)13-21(23)26/h7-13,16-17,22H,6,14-15H2,1-5H3,(H,28,31)/t22-/m1/s1. The Morgan fingerprint density at radius 2 is 1.75 bits per heavy atom. The highest BCUT2D eigenvalue weighted by atomic mass is 79.9. The second-order valence-corrected chi connectivity index (χ2v) is 9.66. The monoisotopic (exact) mass is 522 g/mol. The summed E-state index contributed by atoms with van der Waals surface area (Å²) in [5.41, 5.74) is 2.07. The summed E-state index contributed by atoms with van der Waals surface area (Å²) in [5, 5.41) is 3.54. The van der Waals surface area contributed by atoms with Gasteiger partial charge in [-0.2, -0.15) is 0 Å². The van der Waals surface area contributed by atoms with Crippen LogP contribution in [0.25, 0.3) is 0 Å². The van der Waals surface area contributed by atoms with Crippen LogP contribution in [-0.2, 0) is 16.1 Å². The first-order chi connectivity index (χ1) is 15.1. The number of benzene rings is 2. The Kier molecular flexibility index (Phi) is 10.0. The largest absolute Gasteiger partial charge is 0.483 e. The summed E-state index contributed by atoms with van der Waals surface area (Å²) in [6, 6.07) is 12.5. The van der Waals surface area contributed by atoms with E-state index in [1.54, 1.807) is 17.0 Å². The van der Waals surface area contributed by atoms with E-state index >= 15 is 0 Å². The summed E-state index contributed by atoms with van der Waals surface area (Å²) in [6.45, 7) is 10.1. The highest BCUT2D eigenvalue weighted by Crippen LogP contribution is 2.29. The number of halogens is 2. The van der Waals surface area contributed by atoms with E-state index in [1.165, 1.54) is 5.56 Å². The zero-order valence-corrected chi connectivity index (χ0v) is 21.7. The Labute approximate surface area is 204 Å². The summed E-state index contributed by atoms with van der Waals surface area (Å²) in [6.07, 6.45) is 0.491. The molecule has 0 saturated carbocycles. The summed E-state index contributed by atoms with van der Waals surface area (Å²) in [4.78, 5) is 27.7. The van der Waals surface area contributed by atoms with Gasteiger partial charge in [0.1, 0.15) is 11.8 Å². The lowest BCUT2D eigenvalue weighted by molar-refractivity contribution is -0.143. The summed E-state index contributed by atoms with van der Waals surface area (Å²) >= 11 is 9.53. The van der Waals surface area contributed by atoms with Gasteiger partial charge in [-0.15, -0.1) is 0 Å². The van der Waals surface area contributed by atoms with Crippen molar-refractivity contribution < 1.29 is 14.3 Å². The van der Waals surface area contributed by atoms with E-state index in [9.17, 15) is 9.59 Å². The van der Waals surface area contributed by atoms with E-state index in [4.69, 9.17) is 16.3 Å². The van der Waals surface area contributed by atoms with E-state index in [0.717, 1.165) is 10.0 Å². The van der Waals surface area contributed by atoms with Gasteiger partial charge in [-0.05, 0) is 77.5 Å². The van der Waals surface area contributed by atoms with Gasteiger partial charge in [0.15, 0.2) is 6.61 Å². The quantitative estimate of drug-likeness (QED) is 0.419. The Morgan fingerprint density at radius 1 is 1.09 bits per heavy atom. The Morgan fingerprint density at radius 3 is 2.28 bits per heavy atom. The Balaban J connectivity index is 2.22. The molecule has 0 aliphatic carbocycles. The molecule has 2 aromatic rings. The highest BCUT2D eigenvalue weighted by molar-refractivity contribution is 9.10. The van der Waals surface area contributed by atoms with Crippen LogP contribution >= 0.6 is 27.5 Å². The van der Waals surface area contributed by atoms with Crippen LogP contribution in [0.1, 0.15) is 58.1 Å². The van der Waals surface area contributed by atoms with Crippen molar-refractivity contribution in [3.05, 3.63) is 63.1 Å². The fraction of sp³-hybridized carbons (Fsp3) is 0.440. The predicted molar refractivity (Wildman–Crippen MR) is 133 cm³/mol. The molecule has 0 heterocycles. The molecule has 174 valence electrons. The van der Waals surface area contributed by atoms with Gasteiger partial charge < -0.3 is 15.0 Å². The van der Waals surface area contributed by atoms with Crippen molar-refractivity contribution in [3.8, 4) is 5.75 Å². The number of carbonyl (C=O) groups is 2. The van der Waals surface area contributed by atoms with Gasteiger partial charge in [-0.1, -0.05) is 50.6 Å². The molecule has 0 spiro atoms. The fourth-order valence-corrected chi connectivity index (χ4v) is 3.94. The van der Waals surface area contributed by atoms with Crippen molar-refractivity contribution in [1.82, 2.24) is 10.2 Å².